The summed E-state index contributed by atoms with van der Waals surface area (Å²) in [4.78, 5) is 14.2. The Morgan fingerprint density at radius 2 is 2.00 bits per heavy atom. The van der Waals surface area contributed by atoms with E-state index in [2.05, 4.69) is 10.3 Å². The Bertz CT molecular complexity index is 548. The van der Waals surface area contributed by atoms with Crippen molar-refractivity contribution in [3.8, 4) is 0 Å². The predicted octanol–water partition coefficient (Wildman–Crippen LogP) is 1.87. The molecule has 5 nitrogen and oxygen atoms in total. The second kappa shape index (κ2) is 5.65. The Kier molecular flexibility index (Phi) is 3.94. The van der Waals surface area contributed by atoms with Crippen molar-refractivity contribution in [2.24, 2.45) is 7.05 Å². The zero-order valence-corrected chi connectivity index (χ0v) is 11.4. The van der Waals surface area contributed by atoms with Crippen molar-refractivity contribution in [2.75, 3.05) is 0 Å². The summed E-state index contributed by atoms with van der Waals surface area (Å²) in [6.07, 6.45) is 1.64. The van der Waals surface area contributed by atoms with E-state index >= 15 is 0 Å². The number of hydrogen-bond donors (Lipinski definition) is 0. The minimum Gasteiger partial charge on any atom is -0.330 e. The quantitative estimate of drug-likeness (QED) is 0.841. The molecule has 5 heteroatoms. The predicted molar refractivity (Wildman–Crippen MR) is 72.5 cm³/mol. The van der Waals surface area contributed by atoms with Crippen molar-refractivity contribution in [1.29, 1.82) is 0 Å². The summed E-state index contributed by atoms with van der Waals surface area (Å²) >= 11 is 0. The van der Waals surface area contributed by atoms with E-state index in [4.69, 9.17) is 0 Å². The first-order valence-corrected chi connectivity index (χ1v) is 6.29. The molecule has 1 heterocycles. The number of benzene rings is 1. The van der Waals surface area contributed by atoms with E-state index in [1.165, 1.54) is 4.68 Å². The SMILES string of the molecule is CC(C)N(Cc1ccccc1)C(=O)c1cn(C)nn1. The Labute approximate surface area is 112 Å². The Hall–Kier alpha value is -2.17. The third kappa shape index (κ3) is 3.19. The van der Waals surface area contributed by atoms with Gasteiger partial charge in [-0.2, -0.15) is 0 Å². The highest BCUT2D eigenvalue weighted by molar-refractivity contribution is 5.92. The lowest BCUT2D eigenvalue weighted by atomic mass is 10.2. The normalized spacial score (nSPS) is 10.7. The fourth-order valence-electron chi connectivity index (χ4n) is 1.86. The van der Waals surface area contributed by atoms with Crippen molar-refractivity contribution >= 4 is 5.91 Å². The molecular weight excluding hydrogens is 240 g/mol. The van der Waals surface area contributed by atoms with Gasteiger partial charge in [-0.15, -0.1) is 5.10 Å². The average Bonchev–Trinajstić information content (AvgIpc) is 2.83. The molecule has 0 bridgehead atoms. The smallest absolute Gasteiger partial charge is 0.276 e. The van der Waals surface area contributed by atoms with Crippen LogP contribution in [0.1, 0.15) is 29.9 Å². The summed E-state index contributed by atoms with van der Waals surface area (Å²) in [5.74, 6) is -0.0908. The number of aromatic nitrogens is 3. The maximum Gasteiger partial charge on any atom is 0.276 e. The van der Waals surface area contributed by atoms with E-state index in [0.29, 0.717) is 12.2 Å². The van der Waals surface area contributed by atoms with Gasteiger partial charge in [-0.3, -0.25) is 9.48 Å². The molecule has 0 aliphatic heterocycles. The number of aryl methyl sites for hydroxylation is 1. The first-order valence-electron chi connectivity index (χ1n) is 6.29. The third-order valence-electron chi connectivity index (χ3n) is 2.90. The van der Waals surface area contributed by atoms with Gasteiger partial charge in [0.2, 0.25) is 0 Å². The molecule has 1 aromatic carbocycles. The molecule has 0 fully saturated rings. The lowest BCUT2D eigenvalue weighted by molar-refractivity contribution is 0.0684. The second-order valence-corrected chi connectivity index (χ2v) is 4.79. The summed E-state index contributed by atoms with van der Waals surface area (Å²) in [6, 6.07) is 10.0. The van der Waals surface area contributed by atoms with E-state index in [1.54, 1.807) is 18.1 Å². The van der Waals surface area contributed by atoms with Gasteiger partial charge in [0, 0.05) is 19.6 Å². The molecule has 0 spiro atoms. The van der Waals surface area contributed by atoms with Crippen LogP contribution in [0.15, 0.2) is 36.5 Å². The fourth-order valence-corrected chi connectivity index (χ4v) is 1.86. The summed E-state index contributed by atoms with van der Waals surface area (Å²) in [6.45, 7) is 4.57. The molecule has 2 aromatic rings. The molecule has 0 saturated carbocycles. The largest absolute Gasteiger partial charge is 0.330 e. The van der Waals surface area contributed by atoms with Gasteiger partial charge in [-0.1, -0.05) is 35.5 Å². The minimum atomic E-state index is -0.0908. The van der Waals surface area contributed by atoms with Crippen molar-refractivity contribution in [1.82, 2.24) is 19.9 Å². The highest BCUT2D eigenvalue weighted by atomic mass is 16.2. The highest BCUT2D eigenvalue weighted by Crippen LogP contribution is 2.11. The van der Waals surface area contributed by atoms with Gasteiger partial charge >= 0.3 is 0 Å². The van der Waals surface area contributed by atoms with Gasteiger partial charge in [-0.25, -0.2) is 0 Å². The summed E-state index contributed by atoms with van der Waals surface area (Å²) in [7, 11) is 1.75. The maximum absolute atomic E-state index is 12.4. The molecule has 0 aliphatic rings. The van der Waals surface area contributed by atoms with Crippen molar-refractivity contribution in [3.05, 3.63) is 47.8 Å². The van der Waals surface area contributed by atoms with Crippen molar-refractivity contribution < 1.29 is 4.79 Å². The van der Waals surface area contributed by atoms with Crippen molar-refractivity contribution in [2.45, 2.75) is 26.4 Å². The van der Waals surface area contributed by atoms with Gasteiger partial charge in [0.15, 0.2) is 5.69 Å². The van der Waals surface area contributed by atoms with Crippen LogP contribution in [-0.4, -0.2) is 31.8 Å². The molecule has 1 aromatic heterocycles. The molecular formula is C14H18N4O. The van der Waals surface area contributed by atoms with Gasteiger partial charge in [0.1, 0.15) is 0 Å². The zero-order chi connectivity index (χ0) is 13.8. The first-order chi connectivity index (χ1) is 9.08. The molecule has 0 saturated heterocycles. The van der Waals surface area contributed by atoms with E-state index in [0.717, 1.165) is 5.56 Å². The molecule has 100 valence electrons. The molecule has 0 radical (unpaired) electrons. The summed E-state index contributed by atoms with van der Waals surface area (Å²) in [5.41, 5.74) is 1.49. The van der Waals surface area contributed by atoms with Crippen LogP contribution in [0.25, 0.3) is 0 Å². The molecule has 2 rings (SSSR count). The van der Waals surface area contributed by atoms with E-state index in [1.807, 2.05) is 44.2 Å². The molecule has 0 atom stereocenters. The monoisotopic (exact) mass is 258 g/mol. The minimum absolute atomic E-state index is 0.0908. The lowest BCUT2D eigenvalue weighted by Crippen LogP contribution is -2.36. The van der Waals surface area contributed by atoms with Gasteiger partial charge in [0.25, 0.3) is 5.91 Å². The molecule has 0 unspecified atom stereocenters. The van der Waals surface area contributed by atoms with Crippen LogP contribution in [0.3, 0.4) is 0 Å². The summed E-state index contributed by atoms with van der Waals surface area (Å²) < 4.78 is 1.54. The first kappa shape index (κ1) is 13.3. The summed E-state index contributed by atoms with van der Waals surface area (Å²) in [5, 5.41) is 7.69. The van der Waals surface area contributed by atoms with Crippen LogP contribution in [0.2, 0.25) is 0 Å². The Balaban J connectivity index is 2.19. The van der Waals surface area contributed by atoms with E-state index < -0.39 is 0 Å². The van der Waals surface area contributed by atoms with Crippen LogP contribution >= 0.6 is 0 Å². The number of carbonyl (C=O) groups is 1. The van der Waals surface area contributed by atoms with Crippen LogP contribution < -0.4 is 0 Å². The van der Waals surface area contributed by atoms with Gasteiger partial charge in [-0.05, 0) is 19.4 Å². The van der Waals surface area contributed by atoms with Gasteiger partial charge in [0.05, 0.1) is 6.20 Å². The topological polar surface area (TPSA) is 51.0 Å². The van der Waals surface area contributed by atoms with Crippen LogP contribution in [-0.2, 0) is 13.6 Å². The molecule has 1 amide bonds. The Morgan fingerprint density at radius 3 is 2.53 bits per heavy atom. The molecule has 0 N–H and O–H groups in total. The van der Waals surface area contributed by atoms with E-state index in [9.17, 15) is 4.79 Å². The highest BCUT2D eigenvalue weighted by Gasteiger charge is 2.21. The standard InChI is InChI=1S/C14H18N4O/c1-11(2)18(9-12-7-5-4-6-8-12)14(19)13-10-17(3)16-15-13/h4-8,10-11H,9H2,1-3H3. The Morgan fingerprint density at radius 1 is 1.32 bits per heavy atom. The zero-order valence-electron chi connectivity index (χ0n) is 11.4. The van der Waals surface area contributed by atoms with Crippen LogP contribution in [0.5, 0.6) is 0 Å². The number of amides is 1. The van der Waals surface area contributed by atoms with Crippen LogP contribution in [0, 0.1) is 0 Å². The maximum atomic E-state index is 12.4. The van der Waals surface area contributed by atoms with Crippen LogP contribution in [0.4, 0.5) is 0 Å². The second-order valence-electron chi connectivity index (χ2n) is 4.79. The average molecular weight is 258 g/mol. The molecule has 19 heavy (non-hydrogen) atoms. The number of hydrogen-bond acceptors (Lipinski definition) is 3. The fraction of sp³-hybridized carbons (Fsp3) is 0.357. The third-order valence-corrected chi connectivity index (χ3v) is 2.90. The van der Waals surface area contributed by atoms with Crippen molar-refractivity contribution in [3.63, 3.8) is 0 Å². The number of rotatable bonds is 4. The lowest BCUT2D eigenvalue weighted by Gasteiger charge is -2.25. The van der Waals surface area contributed by atoms with E-state index in [-0.39, 0.29) is 11.9 Å². The van der Waals surface area contributed by atoms with Gasteiger partial charge < -0.3 is 4.90 Å². The number of carbonyl (C=O) groups excluding carboxylic acids is 1. The number of nitrogens with zero attached hydrogens (tertiary/aromatic N) is 4. The molecule has 0 aliphatic carbocycles.